The zero-order valence-corrected chi connectivity index (χ0v) is 14.0. The average molecular weight is 376 g/mol. The lowest BCUT2D eigenvalue weighted by Gasteiger charge is -2.09. The van der Waals surface area contributed by atoms with Gasteiger partial charge in [-0.2, -0.15) is 5.10 Å². The van der Waals surface area contributed by atoms with E-state index in [1.54, 1.807) is 0 Å². The Bertz CT molecular complexity index is 1020. The quantitative estimate of drug-likeness (QED) is 0.759. The van der Waals surface area contributed by atoms with E-state index < -0.39 is 23.1 Å². The fraction of sp³-hybridized carbons (Fsp3) is 0.0556. The molecule has 1 N–H and O–H groups in total. The summed E-state index contributed by atoms with van der Waals surface area (Å²) in [5.41, 5.74) is 0.761. The van der Waals surface area contributed by atoms with Crippen LogP contribution in [0.2, 0.25) is 5.02 Å². The van der Waals surface area contributed by atoms with Gasteiger partial charge in [-0.15, -0.1) is 0 Å². The normalized spacial score (nSPS) is 10.6. The highest BCUT2D eigenvalue weighted by molar-refractivity contribution is 6.33. The fourth-order valence-corrected chi connectivity index (χ4v) is 2.47. The Morgan fingerprint density at radius 3 is 2.42 bits per heavy atom. The largest absolute Gasteiger partial charge is 0.323 e. The van der Waals surface area contributed by atoms with Crippen LogP contribution in [-0.2, 0) is 11.3 Å². The number of amides is 1. The Hall–Kier alpha value is -3.06. The Labute approximate surface area is 151 Å². The van der Waals surface area contributed by atoms with Crippen molar-refractivity contribution in [1.29, 1.82) is 0 Å². The Morgan fingerprint density at radius 1 is 1.04 bits per heavy atom. The molecule has 0 radical (unpaired) electrons. The van der Waals surface area contributed by atoms with E-state index in [9.17, 15) is 18.4 Å². The second kappa shape index (κ2) is 7.45. The van der Waals surface area contributed by atoms with Crippen molar-refractivity contribution in [2.45, 2.75) is 6.54 Å². The van der Waals surface area contributed by atoms with Crippen molar-refractivity contribution in [3.05, 3.63) is 81.6 Å². The molecule has 0 aliphatic rings. The minimum absolute atomic E-state index is 0.0405. The molecule has 2 aromatic carbocycles. The molecule has 0 aliphatic heterocycles. The van der Waals surface area contributed by atoms with Crippen molar-refractivity contribution in [3.63, 3.8) is 0 Å². The summed E-state index contributed by atoms with van der Waals surface area (Å²) in [6.07, 6.45) is 0. The van der Waals surface area contributed by atoms with Crippen molar-refractivity contribution < 1.29 is 13.6 Å². The molecule has 0 saturated heterocycles. The van der Waals surface area contributed by atoms with E-state index in [4.69, 9.17) is 11.6 Å². The van der Waals surface area contributed by atoms with Gasteiger partial charge in [0.1, 0.15) is 18.2 Å². The third-order valence-corrected chi connectivity index (χ3v) is 3.82. The summed E-state index contributed by atoms with van der Waals surface area (Å²) in [7, 11) is 0. The maximum atomic E-state index is 13.0. The molecule has 0 saturated carbocycles. The highest BCUT2D eigenvalue weighted by Gasteiger charge is 2.10. The second-order valence-electron chi connectivity index (χ2n) is 5.39. The van der Waals surface area contributed by atoms with E-state index in [1.165, 1.54) is 42.5 Å². The van der Waals surface area contributed by atoms with Gasteiger partial charge in [0.15, 0.2) is 0 Å². The van der Waals surface area contributed by atoms with Crippen LogP contribution in [0.25, 0.3) is 11.3 Å². The predicted octanol–water partition coefficient (Wildman–Crippen LogP) is 3.48. The summed E-state index contributed by atoms with van der Waals surface area (Å²) in [5.74, 6) is -1.47. The first-order valence-corrected chi connectivity index (χ1v) is 7.89. The molecule has 1 amide bonds. The van der Waals surface area contributed by atoms with Crippen LogP contribution < -0.4 is 10.9 Å². The second-order valence-corrected chi connectivity index (χ2v) is 5.80. The molecule has 5 nitrogen and oxygen atoms in total. The summed E-state index contributed by atoms with van der Waals surface area (Å²) in [6.45, 7) is -0.360. The van der Waals surface area contributed by atoms with Gasteiger partial charge in [0.2, 0.25) is 5.91 Å². The zero-order valence-electron chi connectivity index (χ0n) is 13.2. The molecular formula is C18H12ClF2N3O2. The molecule has 26 heavy (non-hydrogen) atoms. The zero-order chi connectivity index (χ0) is 18.7. The van der Waals surface area contributed by atoms with E-state index in [0.29, 0.717) is 11.3 Å². The number of anilines is 1. The van der Waals surface area contributed by atoms with Gasteiger partial charge in [-0.25, -0.2) is 13.5 Å². The van der Waals surface area contributed by atoms with Gasteiger partial charge in [0.05, 0.1) is 16.4 Å². The number of carbonyl (C=O) groups excluding carboxylic acids is 1. The standard InChI is InChI=1S/C18H12ClF2N3O2/c19-14-9-13(21)5-6-16(14)22-17(25)10-24-18(26)8-7-15(23-24)11-1-3-12(20)4-2-11/h1-9H,10H2,(H,22,25). The predicted molar refractivity (Wildman–Crippen MR) is 93.9 cm³/mol. The first kappa shape index (κ1) is 17.8. The monoisotopic (exact) mass is 375 g/mol. The topological polar surface area (TPSA) is 64.0 Å². The number of carbonyl (C=O) groups is 1. The molecule has 1 aromatic heterocycles. The first-order chi connectivity index (χ1) is 12.4. The van der Waals surface area contributed by atoms with Crippen LogP contribution in [0.15, 0.2) is 59.4 Å². The third kappa shape index (κ3) is 4.12. The number of benzene rings is 2. The van der Waals surface area contributed by atoms with E-state index in [2.05, 4.69) is 10.4 Å². The molecule has 3 rings (SSSR count). The highest BCUT2D eigenvalue weighted by atomic mass is 35.5. The van der Waals surface area contributed by atoms with Crippen LogP contribution in [-0.4, -0.2) is 15.7 Å². The van der Waals surface area contributed by atoms with Crippen molar-refractivity contribution in [2.24, 2.45) is 0 Å². The Kier molecular flexibility index (Phi) is 5.09. The molecule has 3 aromatic rings. The van der Waals surface area contributed by atoms with Crippen LogP contribution in [0, 0.1) is 11.6 Å². The van der Waals surface area contributed by atoms with Gasteiger partial charge >= 0.3 is 0 Å². The van der Waals surface area contributed by atoms with Crippen LogP contribution in [0.1, 0.15) is 0 Å². The molecule has 132 valence electrons. The van der Waals surface area contributed by atoms with Crippen molar-refractivity contribution in [2.75, 3.05) is 5.32 Å². The SMILES string of the molecule is O=C(Cn1nc(-c2ccc(F)cc2)ccc1=O)Nc1ccc(F)cc1Cl. The number of aromatic nitrogens is 2. The van der Waals surface area contributed by atoms with Gasteiger partial charge < -0.3 is 5.32 Å². The smallest absolute Gasteiger partial charge is 0.267 e. The van der Waals surface area contributed by atoms with Gasteiger partial charge in [0, 0.05) is 11.6 Å². The molecule has 0 spiro atoms. The summed E-state index contributed by atoms with van der Waals surface area (Å²) in [6, 6.07) is 11.9. The minimum atomic E-state index is -0.552. The van der Waals surface area contributed by atoms with Gasteiger partial charge in [0.25, 0.3) is 5.56 Å². The molecule has 1 heterocycles. The fourth-order valence-electron chi connectivity index (χ4n) is 2.25. The summed E-state index contributed by atoms with van der Waals surface area (Å²) in [4.78, 5) is 24.1. The molecular weight excluding hydrogens is 364 g/mol. The third-order valence-electron chi connectivity index (χ3n) is 3.51. The number of hydrogen-bond acceptors (Lipinski definition) is 3. The minimum Gasteiger partial charge on any atom is -0.323 e. The molecule has 0 bridgehead atoms. The molecule has 0 aliphatic carbocycles. The maximum absolute atomic E-state index is 13.0. The van der Waals surface area contributed by atoms with E-state index >= 15 is 0 Å². The summed E-state index contributed by atoms with van der Waals surface area (Å²) < 4.78 is 27.0. The summed E-state index contributed by atoms with van der Waals surface area (Å²) in [5, 5.41) is 6.65. The number of rotatable bonds is 4. The highest BCUT2D eigenvalue weighted by Crippen LogP contribution is 2.22. The number of nitrogens with one attached hydrogen (secondary N) is 1. The van der Waals surface area contributed by atoms with E-state index in [0.717, 1.165) is 16.8 Å². The lowest BCUT2D eigenvalue weighted by Crippen LogP contribution is -2.29. The average Bonchev–Trinajstić information content (AvgIpc) is 2.60. The Balaban J connectivity index is 1.80. The molecule has 0 atom stereocenters. The van der Waals surface area contributed by atoms with Crippen LogP contribution >= 0.6 is 11.6 Å². The van der Waals surface area contributed by atoms with Crippen molar-refractivity contribution >= 4 is 23.2 Å². The van der Waals surface area contributed by atoms with Crippen LogP contribution in [0.3, 0.4) is 0 Å². The lowest BCUT2D eigenvalue weighted by molar-refractivity contribution is -0.117. The van der Waals surface area contributed by atoms with Crippen LogP contribution in [0.5, 0.6) is 0 Å². The van der Waals surface area contributed by atoms with Gasteiger partial charge in [-0.05, 0) is 48.5 Å². The van der Waals surface area contributed by atoms with Gasteiger partial charge in [-0.3, -0.25) is 9.59 Å². The first-order valence-electron chi connectivity index (χ1n) is 7.51. The molecule has 0 fully saturated rings. The van der Waals surface area contributed by atoms with E-state index in [-0.39, 0.29) is 17.3 Å². The van der Waals surface area contributed by atoms with Crippen molar-refractivity contribution in [1.82, 2.24) is 9.78 Å². The van der Waals surface area contributed by atoms with E-state index in [1.807, 2.05) is 0 Å². The summed E-state index contributed by atoms with van der Waals surface area (Å²) >= 11 is 5.86. The number of hydrogen-bond donors (Lipinski definition) is 1. The lowest BCUT2D eigenvalue weighted by atomic mass is 10.1. The Morgan fingerprint density at radius 2 is 1.73 bits per heavy atom. The molecule has 8 heteroatoms. The van der Waals surface area contributed by atoms with Crippen molar-refractivity contribution in [3.8, 4) is 11.3 Å². The number of nitrogens with zero attached hydrogens (tertiary/aromatic N) is 2. The van der Waals surface area contributed by atoms with Crippen LogP contribution in [0.4, 0.5) is 14.5 Å². The maximum Gasteiger partial charge on any atom is 0.267 e. The van der Waals surface area contributed by atoms with Gasteiger partial charge in [-0.1, -0.05) is 11.6 Å². The molecule has 0 unspecified atom stereocenters. The number of halogens is 3.